The number of hydrogen-bond acceptors (Lipinski definition) is 4. The molecular weight excluding hydrogens is 519 g/mol. The number of carbonyl (C=O) groups is 1. The van der Waals surface area contributed by atoms with Crippen LogP contribution in [0.15, 0.2) is 59.3 Å². The molecule has 3 aromatic rings. The first kappa shape index (κ1) is 29.2. The lowest BCUT2D eigenvalue weighted by Crippen LogP contribution is -2.32. The minimum absolute atomic E-state index is 0.0459. The van der Waals surface area contributed by atoms with Crippen LogP contribution in [0, 0.1) is 6.92 Å². The van der Waals surface area contributed by atoms with Crippen LogP contribution in [0.3, 0.4) is 0 Å². The predicted octanol–water partition coefficient (Wildman–Crippen LogP) is 6.18. The van der Waals surface area contributed by atoms with Crippen LogP contribution < -0.4 is 5.32 Å². The maximum atomic E-state index is 15.0. The first-order chi connectivity index (χ1) is 17.6. The van der Waals surface area contributed by atoms with Crippen molar-refractivity contribution in [2.75, 3.05) is 20.6 Å². The summed E-state index contributed by atoms with van der Waals surface area (Å²) in [7, 11) is -0.909. The number of carbonyl (C=O) groups excluding carboxylic acids is 1. The average Bonchev–Trinajstić information content (AvgIpc) is 3.08. The Kier molecular flexibility index (Phi) is 8.62. The van der Waals surface area contributed by atoms with Gasteiger partial charge in [0, 0.05) is 48.4 Å². The van der Waals surface area contributed by atoms with Crippen LogP contribution in [0.25, 0.3) is 22.0 Å². The summed E-state index contributed by atoms with van der Waals surface area (Å²) < 4.78 is 75.3. The number of ether oxygens (including phenoxy) is 1. The number of halogens is 3. The number of alkyl carbamates (subject to hydrolysis) is 1. The fraction of sp³-hybridized carbons (Fsp3) is 0.370. The van der Waals surface area contributed by atoms with E-state index in [1.165, 1.54) is 50.5 Å². The molecule has 0 spiro atoms. The Hall–Kier alpha value is -3.31. The molecule has 0 radical (unpaired) electrons. The second-order valence-electron chi connectivity index (χ2n) is 9.97. The highest BCUT2D eigenvalue weighted by Gasteiger charge is 2.22. The first-order valence-electron chi connectivity index (χ1n) is 11.9. The molecule has 206 valence electrons. The number of benzene rings is 2. The van der Waals surface area contributed by atoms with Gasteiger partial charge in [-0.3, -0.25) is 0 Å². The zero-order valence-electron chi connectivity index (χ0n) is 22.2. The van der Waals surface area contributed by atoms with E-state index in [4.69, 9.17) is 4.74 Å². The molecule has 38 heavy (non-hydrogen) atoms. The molecule has 11 heteroatoms. The molecule has 0 atom stereocenters. The quantitative estimate of drug-likeness (QED) is 0.362. The van der Waals surface area contributed by atoms with Crippen molar-refractivity contribution in [3.63, 3.8) is 0 Å². The van der Waals surface area contributed by atoms with E-state index in [1.54, 1.807) is 44.4 Å². The van der Waals surface area contributed by atoms with Gasteiger partial charge in [0.2, 0.25) is 10.0 Å². The highest BCUT2D eigenvalue weighted by atomic mass is 32.2. The van der Waals surface area contributed by atoms with Gasteiger partial charge in [-0.05, 0) is 63.6 Å². The van der Waals surface area contributed by atoms with Crippen LogP contribution in [0.4, 0.5) is 18.0 Å². The van der Waals surface area contributed by atoms with Crippen molar-refractivity contribution in [1.82, 2.24) is 14.2 Å². The highest BCUT2D eigenvalue weighted by molar-refractivity contribution is 7.89. The van der Waals surface area contributed by atoms with Crippen LogP contribution in [0.1, 0.15) is 38.5 Å². The van der Waals surface area contributed by atoms with Gasteiger partial charge in [-0.2, -0.15) is 0 Å². The normalized spacial score (nSPS) is 13.0. The Labute approximate surface area is 220 Å². The van der Waals surface area contributed by atoms with Gasteiger partial charge < -0.3 is 14.6 Å². The molecule has 1 aromatic heterocycles. The Bertz CT molecular complexity index is 1470. The Morgan fingerprint density at radius 1 is 1.16 bits per heavy atom. The molecule has 0 fully saturated rings. The van der Waals surface area contributed by atoms with E-state index < -0.39 is 34.0 Å². The molecule has 0 unspecified atom stereocenters. The van der Waals surface area contributed by atoms with E-state index in [9.17, 15) is 26.4 Å². The third-order valence-electron chi connectivity index (χ3n) is 5.78. The van der Waals surface area contributed by atoms with E-state index in [-0.39, 0.29) is 23.5 Å². The molecule has 0 bridgehead atoms. The van der Waals surface area contributed by atoms with Gasteiger partial charge in [-0.15, -0.1) is 0 Å². The summed E-state index contributed by atoms with van der Waals surface area (Å²) in [6, 6.07) is 10.3. The van der Waals surface area contributed by atoms with Crippen LogP contribution in [-0.4, -0.2) is 49.6 Å². The number of alkyl halides is 2. The van der Waals surface area contributed by atoms with Gasteiger partial charge in [0.15, 0.2) is 0 Å². The van der Waals surface area contributed by atoms with Crippen molar-refractivity contribution in [2.45, 2.75) is 51.2 Å². The second kappa shape index (κ2) is 11.2. The number of sulfonamides is 1. The van der Waals surface area contributed by atoms with Crippen LogP contribution in [-0.2, 0) is 21.3 Å². The van der Waals surface area contributed by atoms with Crippen molar-refractivity contribution < 1.29 is 31.1 Å². The summed E-state index contributed by atoms with van der Waals surface area (Å²) in [4.78, 5) is 11.9. The molecule has 0 saturated heterocycles. The average molecular weight is 552 g/mol. The molecule has 0 saturated carbocycles. The number of rotatable bonds is 8. The van der Waals surface area contributed by atoms with E-state index in [1.807, 2.05) is 0 Å². The van der Waals surface area contributed by atoms with E-state index in [2.05, 4.69) is 5.32 Å². The van der Waals surface area contributed by atoms with Crippen molar-refractivity contribution in [3.8, 4) is 11.1 Å². The highest BCUT2D eigenvalue weighted by Crippen LogP contribution is 2.38. The number of hydrogen-bond donors (Lipinski definition) is 1. The van der Waals surface area contributed by atoms with E-state index in [0.29, 0.717) is 27.7 Å². The molecule has 1 amide bonds. The van der Waals surface area contributed by atoms with Gasteiger partial charge in [-0.1, -0.05) is 18.2 Å². The molecule has 3 rings (SSSR count). The van der Waals surface area contributed by atoms with Crippen molar-refractivity contribution >= 4 is 27.0 Å². The summed E-state index contributed by atoms with van der Waals surface area (Å²) in [5.41, 5.74) is 1.20. The Balaban J connectivity index is 2.05. The van der Waals surface area contributed by atoms with Gasteiger partial charge in [0.1, 0.15) is 11.4 Å². The summed E-state index contributed by atoms with van der Waals surface area (Å²) in [5.74, 6) is -0.561. The number of aromatic nitrogens is 1. The lowest BCUT2D eigenvalue weighted by atomic mass is 10.0. The zero-order valence-corrected chi connectivity index (χ0v) is 23.0. The van der Waals surface area contributed by atoms with Crippen molar-refractivity contribution in [2.24, 2.45) is 0 Å². The van der Waals surface area contributed by atoms with Crippen molar-refractivity contribution in [3.05, 3.63) is 65.6 Å². The van der Waals surface area contributed by atoms with Gasteiger partial charge >= 0.3 is 6.09 Å². The van der Waals surface area contributed by atoms with Crippen LogP contribution in [0.5, 0.6) is 0 Å². The van der Waals surface area contributed by atoms with Crippen LogP contribution in [0.2, 0.25) is 0 Å². The molecule has 0 aliphatic heterocycles. The summed E-state index contributed by atoms with van der Waals surface area (Å²) in [6.45, 7) is 6.54. The van der Waals surface area contributed by atoms with Gasteiger partial charge in [-0.25, -0.2) is 30.7 Å². The molecule has 1 heterocycles. The topological polar surface area (TPSA) is 80.6 Å². The molecular formula is C27H32F3N3O4S. The van der Waals surface area contributed by atoms with Gasteiger partial charge in [0.05, 0.1) is 11.4 Å². The van der Waals surface area contributed by atoms with Crippen molar-refractivity contribution in [1.29, 1.82) is 0 Å². The number of nitrogens with zero attached hydrogens (tertiary/aromatic N) is 2. The Morgan fingerprint density at radius 3 is 2.45 bits per heavy atom. The standard InChI is InChI=1S/C27H32F3N3O4S/c1-17-24(18-8-7-9-21(14-18)38(35,36)32(5)6)22-15-19(25(29)30)10-11-23(22)33(17)16-20(28)12-13-31-26(34)37-27(2,3)4/h7-12,14-15,25H,13,16H2,1-6H3,(H,31,34)/b20-12-. The number of allylic oxidation sites excluding steroid dienone is 1. The molecule has 1 N–H and O–H groups in total. The van der Waals surface area contributed by atoms with Gasteiger partial charge in [0.25, 0.3) is 6.43 Å². The lowest BCUT2D eigenvalue weighted by molar-refractivity contribution is 0.0534. The maximum absolute atomic E-state index is 15.0. The van der Waals surface area contributed by atoms with E-state index >= 15 is 0 Å². The minimum atomic E-state index is -3.74. The summed E-state index contributed by atoms with van der Waals surface area (Å²) in [6.07, 6.45) is -2.20. The Morgan fingerprint density at radius 2 is 1.84 bits per heavy atom. The fourth-order valence-corrected chi connectivity index (χ4v) is 4.95. The number of nitrogens with one attached hydrogen (secondary N) is 1. The second-order valence-corrected chi connectivity index (χ2v) is 12.1. The first-order valence-corrected chi connectivity index (χ1v) is 13.3. The number of amides is 1. The third kappa shape index (κ3) is 6.57. The molecule has 7 nitrogen and oxygen atoms in total. The minimum Gasteiger partial charge on any atom is -0.444 e. The SMILES string of the molecule is Cc1c(-c2cccc(S(=O)(=O)N(C)C)c2)c2cc(C(F)F)ccc2n1C/C(F)=C/CNC(=O)OC(C)(C)C. The summed E-state index contributed by atoms with van der Waals surface area (Å²) >= 11 is 0. The zero-order chi connectivity index (χ0) is 28.4. The largest absolute Gasteiger partial charge is 0.444 e. The maximum Gasteiger partial charge on any atom is 0.407 e. The smallest absolute Gasteiger partial charge is 0.407 e. The molecule has 2 aromatic carbocycles. The summed E-state index contributed by atoms with van der Waals surface area (Å²) in [5, 5.41) is 2.90. The lowest BCUT2D eigenvalue weighted by Gasteiger charge is -2.19. The van der Waals surface area contributed by atoms with Crippen LogP contribution >= 0.6 is 0 Å². The van der Waals surface area contributed by atoms with E-state index in [0.717, 1.165) is 4.31 Å². The fourth-order valence-electron chi connectivity index (χ4n) is 4.00. The molecule has 0 aliphatic rings. The predicted molar refractivity (Wildman–Crippen MR) is 141 cm³/mol. The molecule has 0 aliphatic carbocycles. The number of fused-ring (bicyclic) bond motifs is 1. The third-order valence-corrected chi connectivity index (χ3v) is 7.59. The monoisotopic (exact) mass is 551 g/mol.